The first-order chi connectivity index (χ1) is 27.3. The van der Waals surface area contributed by atoms with Crippen LogP contribution in [0.2, 0.25) is 0 Å². The molecule has 1 rings (SSSR count). The van der Waals surface area contributed by atoms with Crippen LogP contribution in [0.15, 0.2) is 0 Å². The van der Waals surface area contributed by atoms with Crippen molar-refractivity contribution in [3.8, 4) is 0 Å². The zero-order chi connectivity index (χ0) is 40.9. The van der Waals surface area contributed by atoms with Gasteiger partial charge in [0.15, 0.2) is 6.29 Å². The molecule has 1 atom stereocenters. The third-order valence-corrected chi connectivity index (χ3v) is 10.5. The molecular weight excluding hydrogens is 712 g/mol. The van der Waals surface area contributed by atoms with Crippen molar-refractivity contribution in [2.75, 3.05) is 59.2 Å². The van der Waals surface area contributed by atoms with E-state index in [0.29, 0.717) is 39.2 Å². The monoisotopic (exact) mass is 797 g/mol. The van der Waals surface area contributed by atoms with Crippen LogP contribution >= 0.6 is 0 Å². The molecule has 1 aliphatic heterocycles. The van der Waals surface area contributed by atoms with Gasteiger partial charge in [0.2, 0.25) is 5.91 Å². The van der Waals surface area contributed by atoms with Crippen LogP contribution in [0.5, 0.6) is 0 Å². The molecule has 1 unspecified atom stereocenters. The second-order valence-corrected chi connectivity index (χ2v) is 15.7. The fourth-order valence-electron chi connectivity index (χ4n) is 6.97. The number of carbonyl (C=O) groups is 4. The maximum atomic E-state index is 13.6. The van der Waals surface area contributed by atoms with Crippen molar-refractivity contribution in [1.82, 2.24) is 9.80 Å². The predicted octanol–water partition coefficient (Wildman–Crippen LogP) is 9.71. The van der Waals surface area contributed by atoms with Gasteiger partial charge in [0, 0.05) is 39.5 Å². The molecule has 1 fully saturated rings. The van der Waals surface area contributed by atoms with Gasteiger partial charge in [0.1, 0.15) is 13.2 Å². The summed E-state index contributed by atoms with van der Waals surface area (Å²) in [5, 5.41) is 0. The molecule has 0 spiro atoms. The maximum absolute atomic E-state index is 13.6. The third-order valence-electron chi connectivity index (χ3n) is 10.5. The summed E-state index contributed by atoms with van der Waals surface area (Å²) in [5.74, 6) is -1.52. The van der Waals surface area contributed by atoms with Gasteiger partial charge in [0.05, 0.1) is 19.1 Å². The van der Waals surface area contributed by atoms with Gasteiger partial charge in [-0.15, -0.1) is 0 Å². The first-order valence-electron chi connectivity index (χ1n) is 23.0. The number of amides is 1. The maximum Gasteiger partial charge on any atom is 0.306 e. The zero-order valence-electron chi connectivity index (χ0n) is 36.5. The SMILES string of the molecule is CCCCCCCCCCOC(CCCC(=O)OCC(COC(C)=O)N(CCCN1CCCC1)C(=O)CCC(=O)OCCCC)OCCCCCCCCCC. The number of esters is 3. The van der Waals surface area contributed by atoms with Crippen LogP contribution < -0.4 is 0 Å². The highest BCUT2D eigenvalue weighted by Crippen LogP contribution is 2.16. The van der Waals surface area contributed by atoms with E-state index in [9.17, 15) is 19.2 Å². The van der Waals surface area contributed by atoms with Crippen molar-refractivity contribution in [2.24, 2.45) is 0 Å². The van der Waals surface area contributed by atoms with Crippen molar-refractivity contribution in [3.63, 3.8) is 0 Å². The molecule has 56 heavy (non-hydrogen) atoms. The van der Waals surface area contributed by atoms with E-state index in [1.165, 1.54) is 96.8 Å². The van der Waals surface area contributed by atoms with Crippen molar-refractivity contribution >= 4 is 23.8 Å². The highest BCUT2D eigenvalue weighted by atomic mass is 16.7. The summed E-state index contributed by atoms with van der Waals surface area (Å²) in [4.78, 5) is 54.8. The first-order valence-corrected chi connectivity index (χ1v) is 23.0. The Bertz CT molecular complexity index is 953. The Hall–Kier alpha value is -2.24. The van der Waals surface area contributed by atoms with Crippen LogP contribution in [0, 0.1) is 0 Å². The van der Waals surface area contributed by atoms with E-state index in [4.69, 9.17) is 23.7 Å². The van der Waals surface area contributed by atoms with Gasteiger partial charge in [-0.3, -0.25) is 19.2 Å². The van der Waals surface area contributed by atoms with E-state index >= 15 is 0 Å². The molecule has 11 heteroatoms. The lowest BCUT2D eigenvalue weighted by atomic mass is 10.1. The van der Waals surface area contributed by atoms with Crippen molar-refractivity contribution in [2.45, 2.75) is 207 Å². The quantitative estimate of drug-likeness (QED) is 0.0257. The van der Waals surface area contributed by atoms with Gasteiger partial charge >= 0.3 is 17.9 Å². The largest absolute Gasteiger partial charge is 0.466 e. The molecule has 1 heterocycles. The zero-order valence-corrected chi connectivity index (χ0v) is 36.5. The molecule has 0 aromatic heterocycles. The molecular formula is C45H84N2O9. The van der Waals surface area contributed by atoms with E-state index in [-0.39, 0.29) is 50.6 Å². The molecule has 328 valence electrons. The van der Waals surface area contributed by atoms with Crippen LogP contribution in [-0.2, 0) is 42.9 Å². The molecule has 0 aliphatic carbocycles. The lowest BCUT2D eigenvalue weighted by Crippen LogP contribution is -2.47. The average molecular weight is 797 g/mol. The van der Waals surface area contributed by atoms with Gasteiger partial charge in [-0.25, -0.2) is 0 Å². The van der Waals surface area contributed by atoms with E-state index in [1.54, 1.807) is 4.90 Å². The number of nitrogens with zero attached hydrogens (tertiary/aromatic N) is 2. The molecule has 0 aromatic carbocycles. The summed E-state index contributed by atoms with van der Waals surface area (Å²) in [6, 6.07) is -0.664. The number of rotatable bonds is 39. The number of likely N-dealkylation sites (tertiary alicyclic amines) is 1. The Balaban J connectivity index is 2.72. The van der Waals surface area contributed by atoms with E-state index in [0.717, 1.165) is 64.6 Å². The summed E-state index contributed by atoms with van der Waals surface area (Å²) in [5.41, 5.74) is 0. The third kappa shape index (κ3) is 29.9. The molecule has 0 saturated carbocycles. The Kier molecular flexibility index (Phi) is 34.3. The van der Waals surface area contributed by atoms with Gasteiger partial charge in [-0.1, -0.05) is 117 Å². The van der Waals surface area contributed by atoms with E-state index < -0.39 is 18.0 Å². The molecule has 0 radical (unpaired) electrons. The molecule has 11 nitrogen and oxygen atoms in total. The highest BCUT2D eigenvalue weighted by molar-refractivity contribution is 5.81. The number of hydrogen-bond donors (Lipinski definition) is 0. The fourth-order valence-corrected chi connectivity index (χ4v) is 6.97. The normalized spacial score (nSPS) is 13.6. The summed E-state index contributed by atoms with van der Waals surface area (Å²) in [7, 11) is 0. The van der Waals surface area contributed by atoms with Gasteiger partial charge in [-0.2, -0.15) is 0 Å². The number of unbranched alkanes of at least 4 members (excludes halogenated alkanes) is 15. The van der Waals surface area contributed by atoms with Crippen LogP contribution in [-0.4, -0.2) is 105 Å². The average Bonchev–Trinajstić information content (AvgIpc) is 3.71. The Morgan fingerprint density at radius 1 is 0.554 bits per heavy atom. The molecule has 1 aliphatic rings. The number of ether oxygens (including phenoxy) is 5. The number of hydrogen-bond acceptors (Lipinski definition) is 10. The Morgan fingerprint density at radius 3 is 1.62 bits per heavy atom. The van der Waals surface area contributed by atoms with Crippen LogP contribution in [0.4, 0.5) is 0 Å². The van der Waals surface area contributed by atoms with Crippen LogP contribution in [0.3, 0.4) is 0 Å². The predicted molar refractivity (Wildman–Crippen MR) is 223 cm³/mol. The molecule has 0 N–H and O–H groups in total. The minimum Gasteiger partial charge on any atom is -0.466 e. The summed E-state index contributed by atoms with van der Waals surface area (Å²) in [6.45, 7) is 12.6. The molecule has 1 amide bonds. The fraction of sp³-hybridized carbons (Fsp3) is 0.911. The van der Waals surface area contributed by atoms with E-state index in [1.807, 2.05) is 6.92 Å². The second-order valence-electron chi connectivity index (χ2n) is 15.7. The Labute approximate surface area is 342 Å². The molecule has 0 aromatic rings. The van der Waals surface area contributed by atoms with Crippen LogP contribution in [0.1, 0.15) is 195 Å². The standard InChI is InChI=1S/C45H84N2O9/c1-5-8-11-13-15-17-19-23-36-53-45(54-37-24-20-18-16-14-12-9-6-2)28-25-27-43(50)56-39-41(38-55-40(4)48)47(34-26-33-46-31-21-22-32-46)42(49)29-30-44(51)52-35-10-7-3/h41,45H,5-39H2,1-4H3. The van der Waals surface area contributed by atoms with Crippen molar-refractivity contribution in [1.29, 1.82) is 0 Å². The van der Waals surface area contributed by atoms with Crippen molar-refractivity contribution < 1.29 is 42.9 Å². The lowest BCUT2D eigenvalue weighted by molar-refractivity contribution is -0.156. The minimum absolute atomic E-state index is 0.0293. The van der Waals surface area contributed by atoms with Gasteiger partial charge < -0.3 is 33.5 Å². The second kappa shape index (κ2) is 37.1. The smallest absolute Gasteiger partial charge is 0.306 e. The van der Waals surface area contributed by atoms with Gasteiger partial charge in [-0.05, 0) is 71.0 Å². The first kappa shape index (κ1) is 51.8. The number of carbonyl (C=O) groups excluding carboxylic acids is 4. The summed E-state index contributed by atoms with van der Waals surface area (Å²) < 4.78 is 28.7. The summed E-state index contributed by atoms with van der Waals surface area (Å²) in [6.07, 6.45) is 25.4. The topological polar surface area (TPSA) is 121 Å². The lowest BCUT2D eigenvalue weighted by Gasteiger charge is -2.32. The molecule has 0 bridgehead atoms. The van der Waals surface area contributed by atoms with Crippen molar-refractivity contribution in [3.05, 3.63) is 0 Å². The van der Waals surface area contributed by atoms with Crippen LogP contribution in [0.25, 0.3) is 0 Å². The van der Waals surface area contributed by atoms with Gasteiger partial charge in [0.25, 0.3) is 0 Å². The van der Waals surface area contributed by atoms with E-state index in [2.05, 4.69) is 18.7 Å². The molecule has 1 saturated heterocycles. The Morgan fingerprint density at radius 2 is 1.07 bits per heavy atom. The minimum atomic E-state index is -0.664. The highest BCUT2D eigenvalue weighted by Gasteiger charge is 2.27. The summed E-state index contributed by atoms with van der Waals surface area (Å²) >= 11 is 0.